The number of para-hydroxylation sites is 2. The highest BCUT2D eigenvalue weighted by Gasteiger charge is 1.94. The number of anilines is 1. The average molecular weight is 139 g/mol. The second-order valence-corrected chi connectivity index (χ2v) is 1.82. The van der Waals surface area contributed by atoms with Crippen molar-refractivity contribution < 1.29 is 9.94 Å². The van der Waals surface area contributed by atoms with Crippen LogP contribution in [0.25, 0.3) is 0 Å². The molecule has 0 bridgehead atoms. The Morgan fingerprint density at radius 1 is 1.40 bits per heavy atom. The van der Waals surface area contributed by atoms with Crippen molar-refractivity contribution in [1.29, 1.82) is 0 Å². The molecule has 0 unspecified atom stereocenters. The van der Waals surface area contributed by atoms with Crippen molar-refractivity contribution in [2.75, 3.05) is 12.6 Å². The van der Waals surface area contributed by atoms with Gasteiger partial charge in [-0.3, -0.25) is 10.3 Å². The molecule has 0 aromatic heterocycles. The molecular weight excluding hydrogens is 130 g/mol. The molecule has 0 saturated carbocycles. The van der Waals surface area contributed by atoms with Gasteiger partial charge in [-0.1, -0.05) is 12.1 Å². The van der Waals surface area contributed by atoms with Crippen molar-refractivity contribution in [3.63, 3.8) is 0 Å². The lowest BCUT2D eigenvalue weighted by Crippen LogP contribution is -1.94. The fraction of sp³-hybridized carbons (Fsp3) is 0.143. The Balaban J connectivity index is 2.81. The van der Waals surface area contributed by atoms with Gasteiger partial charge < -0.3 is 5.11 Å². The van der Waals surface area contributed by atoms with Crippen LogP contribution in [0.4, 0.5) is 5.69 Å². The molecule has 1 rings (SSSR count). The van der Waals surface area contributed by atoms with Gasteiger partial charge in [-0.2, -0.15) is 0 Å². The minimum absolute atomic E-state index is 0.185. The molecule has 0 radical (unpaired) electrons. The lowest BCUT2D eigenvalue weighted by atomic mass is 10.3. The van der Waals surface area contributed by atoms with E-state index in [1.54, 1.807) is 24.3 Å². The lowest BCUT2D eigenvalue weighted by Gasteiger charge is -2.03. The van der Waals surface area contributed by atoms with Gasteiger partial charge in [-0.15, -0.1) is 0 Å². The summed E-state index contributed by atoms with van der Waals surface area (Å²) in [6.07, 6.45) is 0. The monoisotopic (exact) mass is 139 g/mol. The molecule has 1 aromatic carbocycles. The molecule has 10 heavy (non-hydrogen) atoms. The van der Waals surface area contributed by atoms with Crippen LogP contribution in [0.5, 0.6) is 5.75 Å². The molecule has 1 aromatic rings. The Hall–Kier alpha value is -1.22. The molecule has 0 spiro atoms. The molecule has 54 valence electrons. The molecule has 0 amide bonds. The summed E-state index contributed by atoms with van der Waals surface area (Å²) in [5, 5.41) is 9.10. The SMILES string of the molecule is CONc1ccccc1O. The standard InChI is InChI=1S/C7H9NO2/c1-10-8-6-4-2-3-5-7(6)9/h2-5,8-9H,1H3. The van der Waals surface area contributed by atoms with E-state index in [4.69, 9.17) is 5.11 Å². The summed E-state index contributed by atoms with van der Waals surface area (Å²) in [6, 6.07) is 6.86. The second-order valence-electron chi connectivity index (χ2n) is 1.82. The Morgan fingerprint density at radius 3 is 2.70 bits per heavy atom. The van der Waals surface area contributed by atoms with Crippen molar-refractivity contribution >= 4 is 5.69 Å². The Morgan fingerprint density at radius 2 is 2.10 bits per heavy atom. The number of hydrogen-bond donors (Lipinski definition) is 2. The summed E-state index contributed by atoms with van der Waals surface area (Å²) in [7, 11) is 1.49. The van der Waals surface area contributed by atoms with E-state index < -0.39 is 0 Å². The number of aromatic hydroxyl groups is 1. The number of rotatable bonds is 2. The van der Waals surface area contributed by atoms with Crippen LogP contribution in [0.1, 0.15) is 0 Å². The third kappa shape index (κ3) is 1.39. The largest absolute Gasteiger partial charge is 0.506 e. The fourth-order valence-electron chi connectivity index (χ4n) is 0.670. The van der Waals surface area contributed by atoms with Crippen LogP contribution in [0.3, 0.4) is 0 Å². The molecule has 0 aliphatic carbocycles. The minimum Gasteiger partial charge on any atom is -0.506 e. The molecular formula is C7H9NO2. The first-order valence-corrected chi connectivity index (χ1v) is 2.91. The van der Waals surface area contributed by atoms with Crippen LogP contribution < -0.4 is 5.48 Å². The third-order valence-electron chi connectivity index (χ3n) is 1.12. The summed E-state index contributed by atoms with van der Waals surface area (Å²) < 4.78 is 0. The van der Waals surface area contributed by atoms with E-state index in [9.17, 15) is 0 Å². The van der Waals surface area contributed by atoms with Gasteiger partial charge in [-0.25, -0.2) is 0 Å². The molecule has 3 nitrogen and oxygen atoms in total. The number of nitrogens with one attached hydrogen (secondary N) is 1. The van der Waals surface area contributed by atoms with Gasteiger partial charge in [0, 0.05) is 0 Å². The first kappa shape index (κ1) is 6.89. The van der Waals surface area contributed by atoms with Gasteiger partial charge in [0.2, 0.25) is 0 Å². The predicted molar refractivity (Wildman–Crippen MR) is 38.7 cm³/mol. The van der Waals surface area contributed by atoms with Crippen LogP contribution in [-0.2, 0) is 4.84 Å². The fourth-order valence-corrected chi connectivity index (χ4v) is 0.670. The summed E-state index contributed by atoms with van der Waals surface area (Å²) in [6.45, 7) is 0. The van der Waals surface area contributed by atoms with Crippen molar-refractivity contribution in [3.05, 3.63) is 24.3 Å². The summed E-state index contributed by atoms with van der Waals surface area (Å²) in [4.78, 5) is 4.60. The average Bonchev–Trinajstić information content (AvgIpc) is 1.94. The second kappa shape index (κ2) is 3.08. The van der Waals surface area contributed by atoms with Gasteiger partial charge >= 0.3 is 0 Å². The van der Waals surface area contributed by atoms with E-state index in [2.05, 4.69) is 10.3 Å². The van der Waals surface area contributed by atoms with Crippen molar-refractivity contribution in [1.82, 2.24) is 0 Å². The zero-order valence-corrected chi connectivity index (χ0v) is 5.66. The van der Waals surface area contributed by atoms with Crippen molar-refractivity contribution in [2.45, 2.75) is 0 Å². The molecule has 0 heterocycles. The van der Waals surface area contributed by atoms with Crippen molar-refractivity contribution in [2.24, 2.45) is 0 Å². The van der Waals surface area contributed by atoms with E-state index in [0.29, 0.717) is 5.69 Å². The zero-order chi connectivity index (χ0) is 7.40. The zero-order valence-electron chi connectivity index (χ0n) is 5.66. The van der Waals surface area contributed by atoms with Gasteiger partial charge in [0.1, 0.15) is 11.4 Å². The minimum atomic E-state index is 0.185. The molecule has 0 aliphatic heterocycles. The highest BCUT2D eigenvalue weighted by atomic mass is 16.6. The van der Waals surface area contributed by atoms with Crippen LogP contribution in [-0.4, -0.2) is 12.2 Å². The predicted octanol–water partition coefficient (Wildman–Crippen LogP) is 1.37. The molecule has 0 aliphatic rings. The smallest absolute Gasteiger partial charge is 0.140 e. The Labute approximate surface area is 59.2 Å². The molecule has 0 atom stereocenters. The molecule has 0 saturated heterocycles. The summed E-state index contributed by atoms with van der Waals surface area (Å²) in [5.74, 6) is 0.185. The van der Waals surface area contributed by atoms with Gasteiger partial charge in [0.25, 0.3) is 0 Å². The highest BCUT2D eigenvalue weighted by molar-refractivity contribution is 5.53. The maximum Gasteiger partial charge on any atom is 0.140 e. The van der Waals surface area contributed by atoms with Gasteiger partial charge in [0.15, 0.2) is 0 Å². The van der Waals surface area contributed by atoms with E-state index >= 15 is 0 Å². The number of hydrogen-bond acceptors (Lipinski definition) is 3. The van der Waals surface area contributed by atoms with Crippen molar-refractivity contribution in [3.8, 4) is 5.75 Å². The normalized spacial score (nSPS) is 9.30. The molecule has 0 fully saturated rings. The number of benzene rings is 1. The maximum atomic E-state index is 9.10. The Bertz CT molecular complexity index is 213. The van der Waals surface area contributed by atoms with Gasteiger partial charge in [-0.05, 0) is 12.1 Å². The van der Waals surface area contributed by atoms with E-state index in [-0.39, 0.29) is 5.75 Å². The first-order chi connectivity index (χ1) is 4.84. The van der Waals surface area contributed by atoms with Crippen LogP contribution >= 0.6 is 0 Å². The van der Waals surface area contributed by atoms with E-state index in [1.807, 2.05) is 0 Å². The van der Waals surface area contributed by atoms with E-state index in [0.717, 1.165) is 0 Å². The quantitative estimate of drug-likeness (QED) is 0.480. The van der Waals surface area contributed by atoms with Gasteiger partial charge in [0.05, 0.1) is 7.11 Å². The third-order valence-corrected chi connectivity index (χ3v) is 1.12. The first-order valence-electron chi connectivity index (χ1n) is 2.91. The van der Waals surface area contributed by atoms with E-state index in [1.165, 1.54) is 7.11 Å². The topological polar surface area (TPSA) is 41.5 Å². The Kier molecular flexibility index (Phi) is 2.12. The summed E-state index contributed by atoms with van der Waals surface area (Å²) in [5.41, 5.74) is 3.10. The highest BCUT2D eigenvalue weighted by Crippen LogP contribution is 2.20. The van der Waals surface area contributed by atoms with Crippen LogP contribution in [0.2, 0.25) is 0 Å². The molecule has 2 N–H and O–H groups in total. The molecule has 3 heteroatoms. The van der Waals surface area contributed by atoms with Crippen LogP contribution in [0, 0.1) is 0 Å². The number of phenols is 1. The van der Waals surface area contributed by atoms with Crippen LogP contribution in [0.15, 0.2) is 24.3 Å². The number of phenolic OH excluding ortho intramolecular Hbond substituents is 1. The maximum absolute atomic E-state index is 9.10. The summed E-state index contributed by atoms with van der Waals surface area (Å²) >= 11 is 0. The lowest BCUT2D eigenvalue weighted by molar-refractivity contribution is 0.268.